The summed E-state index contributed by atoms with van der Waals surface area (Å²) < 4.78 is 6.86. The Morgan fingerprint density at radius 2 is 1.80 bits per heavy atom. The number of fused-ring (bicyclic) bond motifs is 1. The van der Waals surface area contributed by atoms with Gasteiger partial charge in [-0.25, -0.2) is 4.98 Å². The van der Waals surface area contributed by atoms with Gasteiger partial charge in [0, 0.05) is 5.02 Å². The molecule has 1 heterocycles. The highest BCUT2D eigenvalue weighted by Gasteiger charge is 2.30. The van der Waals surface area contributed by atoms with Crippen LogP contribution in [0.1, 0.15) is 25.0 Å². The summed E-state index contributed by atoms with van der Waals surface area (Å²) in [6.07, 6.45) is 0. The number of halogens is 1. The molecule has 0 aliphatic rings. The van der Waals surface area contributed by atoms with E-state index in [0.29, 0.717) is 15.9 Å². The van der Waals surface area contributed by atoms with E-state index >= 15 is 0 Å². The fourth-order valence-electron chi connectivity index (χ4n) is 2.32. The Hall–Kier alpha value is -2.11. The third-order valence-electron chi connectivity index (χ3n) is 3.96. The molecule has 0 atom stereocenters. The van der Waals surface area contributed by atoms with Gasteiger partial charge in [-0.2, -0.15) is 0 Å². The van der Waals surface area contributed by atoms with Crippen LogP contribution in [0.3, 0.4) is 0 Å². The lowest BCUT2D eigenvalue weighted by Gasteiger charge is -2.24. The van der Waals surface area contributed by atoms with Gasteiger partial charge >= 0.3 is 0 Å². The molecule has 0 radical (unpaired) electrons. The van der Waals surface area contributed by atoms with Gasteiger partial charge < -0.3 is 4.74 Å². The van der Waals surface area contributed by atoms with Crippen molar-refractivity contribution in [2.45, 2.75) is 33.3 Å². The van der Waals surface area contributed by atoms with Crippen molar-refractivity contribution in [1.82, 2.24) is 4.98 Å². The van der Waals surface area contributed by atoms with Crippen molar-refractivity contribution in [3.8, 4) is 5.75 Å². The van der Waals surface area contributed by atoms with E-state index in [1.807, 2.05) is 6.07 Å². The number of rotatable bonds is 4. The van der Waals surface area contributed by atoms with E-state index in [1.165, 1.54) is 22.5 Å². The topological polar surface area (TPSA) is 51.2 Å². The summed E-state index contributed by atoms with van der Waals surface area (Å²) in [6, 6.07) is 11.0. The number of aromatic nitrogens is 1. The van der Waals surface area contributed by atoms with E-state index in [4.69, 9.17) is 16.3 Å². The van der Waals surface area contributed by atoms with Gasteiger partial charge in [0.05, 0.1) is 10.2 Å². The highest BCUT2D eigenvalue weighted by Crippen LogP contribution is 2.29. The van der Waals surface area contributed by atoms with Gasteiger partial charge in [-0.05, 0) is 75.2 Å². The van der Waals surface area contributed by atoms with Crippen LogP contribution in [-0.2, 0) is 4.79 Å². The SMILES string of the molecule is Cc1cc2nc(NC(=O)C(C)(C)Oc3ccc(Cl)cc3)sc2cc1C. The minimum absolute atomic E-state index is 0.255. The van der Waals surface area contributed by atoms with E-state index in [2.05, 4.69) is 30.2 Å². The molecule has 130 valence electrons. The van der Waals surface area contributed by atoms with Gasteiger partial charge in [0.2, 0.25) is 0 Å². The van der Waals surface area contributed by atoms with Crippen LogP contribution in [0.15, 0.2) is 36.4 Å². The van der Waals surface area contributed by atoms with Gasteiger partial charge in [-0.1, -0.05) is 22.9 Å². The summed E-state index contributed by atoms with van der Waals surface area (Å²) in [6.45, 7) is 7.56. The van der Waals surface area contributed by atoms with E-state index in [-0.39, 0.29) is 5.91 Å². The van der Waals surface area contributed by atoms with Gasteiger partial charge in [0.1, 0.15) is 5.75 Å². The fourth-order valence-corrected chi connectivity index (χ4v) is 3.39. The number of carbonyl (C=O) groups excluding carboxylic acids is 1. The molecule has 1 amide bonds. The minimum atomic E-state index is -1.04. The smallest absolute Gasteiger partial charge is 0.269 e. The van der Waals surface area contributed by atoms with Crippen molar-refractivity contribution in [2.24, 2.45) is 0 Å². The minimum Gasteiger partial charge on any atom is -0.478 e. The Kier molecular flexibility index (Phi) is 4.71. The van der Waals surface area contributed by atoms with Gasteiger partial charge in [0.15, 0.2) is 10.7 Å². The molecule has 0 saturated heterocycles. The lowest BCUT2D eigenvalue weighted by Crippen LogP contribution is -2.42. The maximum atomic E-state index is 12.6. The first-order valence-corrected chi connectivity index (χ1v) is 9.08. The van der Waals surface area contributed by atoms with Crippen LogP contribution in [0, 0.1) is 13.8 Å². The monoisotopic (exact) mass is 374 g/mol. The Morgan fingerprint density at radius 1 is 1.16 bits per heavy atom. The molecule has 0 aliphatic carbocycles. The number of nitrogens with zero attached hydrogens (tertiary/aromatic N) is 1. The van der Waals surface area contributed by atoms with Crippen LogP contribution in [0.5, 0.6) is 5.75 Å². The van der Waals surface area contributed by atoms with Crippen LogP contribution in [0.2, 0.25) is 5.02 Å². The van der Waals surface area contributed by atoms with E-state index < -0.39 is 5.60 Å². The number of thiazole rings is 1. The number of hydrogen-bond donors (Lipinski definition) is 1. The van der Waals surface area contributed by atoms with Gasteiger partial charge in [-0.15, -0.1) is 0 Å². The van der Waals surface area contributed by atoms with Crippen molar-refractivity contribution in [3.05, 3.63) is 52.5 Å². The first-order valence-electron chi connectivity index (χ1n) is 7.88. The molecule has 0 spiro atoms. The quantitative estimate of drug-likeness (QED) is 0.668. The molecule has 6 heteroatoms. The van der Waals surface area contributed by atoms with Gasteiger partial charge in [-0.3, -0.25) is 10.1 Å². The largest absolute Gasteiger partial charge is 0.478 e. The Bertz CT molecular complexity index is 893. The standard InChI is InChI=1S/C19H19ClN2O2S/c1-11-9-15-16(10-12(11)2)25-18(21-15)22-17(23)19(3,4)24-14-7-5-13(20)6-8-14/h5-10H,1-4H3,(H,21,22,23). The molecule has 4 nitrogen and oxygen atoms in total. The predicted octanol–water partition coefficient (Wildman–Crippen LogP) is 5.36. The van der Waals surface area contributed by atoms with Crippen LogP contribution in [0.4, 0.5) is 5.13 Å². The average molecular weight is 375 g/mol. The zero-order chi connectivity index (χ0) is 18.2. The molecule has 0 unspecified atom stereocenters. The molecule has 0 aliphatic heterocycles. The number of benzene rings is 2. The molecule has 3 rings (SSSR count). The number of ether oxygens (including phenoxy) is 1. The predicted molar refractivity (Wildman–Crippen MR) is 104 cm³/mol. The lowest BCUT2D eigenvalue weighted by molar-refractivity contribution is -0.128. The second-order valence-corrected chi connectivity index (χ2v) is 7.91. The first kappa shape index (κ1) is 17.7. The summed E-state index contributed by atoms with van der Waals surface area (Å²) in [5, 5.41) is 4.05. The molecule has 0 saturated carbocycles. The normalized spacial score (nSPS) is 11.6. The summed E-state index contributed by atoms with van der Waals surface area (Å²) in [5.74, 6) is 0.329. The third-order valence-corrected chi connectivity index (χ3v) is 5.14. The number of nitrogens with one attached hydrogen (secondary N) is 1. The maximum absolute atomic E-state index is 12.6. The number of amides is 1. The van der Waals surface area contributed by atoms with Crippen molar-refractivity contribution in [1.29, 1.82) is 0 Å². The highest BCUT2D eigenvalue weighted by atomic mass is 35.5. The van der Waals surface area contributed by atoms with Crippen molar-refractivity contribution >= 4 is 44.2 Å². The zero-order valence-electron chi connectivity index (χ0n) is 14.5. The third kappa shape index (κ3) is 3.94. The molecule has 2 aromatic carbocycles. The van der Waals surface area contributed by atoms with Crippen LogP contribution < -0.4 is 10.1 Å². The molecule has 0 fully saturated rings. The van der Waals surface area contributed by atoms with Crippen LogP contribution >= 0.6 is 22.9 Å². The van der Waals surface area contributed by atoms with Crippen molar-refractivity contribution < 1.29 is 9.53 Å². The molecule has 1 aromatic heterocycles. The second-order valence-electron chi connectivity index (χ2n) is 6.44. The highest BCUT2D eigenvalue weighted by molar-refractivity contribution is 7.22. The van der Waals surface area contributed by atoms with Crippen molar-refractivity contribution in [3.63, 3.8) is 0 Å². The summed E-state index contributed by atoms with van der Waals surface area (Å²) in [7, 11) is 0. The van der Waals surface area contributed by atoms with Crippen molar-refractivity contribution in [2.75, 3.05) is 5.32 Å². The maximum Gasteiger partial charge on any atom is 0.269 e. The van der Waals surface area contributed by atoms with Gasteiger partial charge in [0.25, 0.3) is 5.91 Å². The number of hydrogen-bond acceptors (Lipinski definition) is 4. The van der Waals surface area contributed by atoms with Crippen LogP contribution in [0.25, 0.3) is 10.2 Å². The zero-order valence-corrected chi connectivity index (χ0v) is 16.1. The average Bonchev–Trinajstić information content (AvgIpc) is 2.91. The number of aryl methyl sites for hydroxylation is 2. The Labute approximate surface area is 155 Å². The Morgan fingerprint density at radius 3 is 2.48 bits per heavy atom. The molecular formula is C19H19ClN2O2S. The lowest BCUT2D eigenvalue weighted by atomic mass is 10.1. The number of carbonyl (C=O) groups is 1. The summed E-state index contributed by atoms with van der Waals surface area (Å²) in [4.78, 5) is 17.1. The summed E-state index contributed by atoms with van der Waals surface area (Å²) in [5.41, 5.74) is 2.24. The van der Waals surface area contributed by atoms with E-state index in [0.717, 1.165) is 10.2 Å². The first-order chi connectivity index (χ1) is 11.7. The van der Waals surface area contributed by atoms with E-state index in [1.54, 1.807) is 38.1 Å². The van der Waals surface area contributed by atoms with E-state index in [9.17, 15) is 4.79 Å². The van der Waals surface area contributed by atoms with Crippen LogP contribution in [-0.4, -0.2) is 16.5 Å². The fraction of sp³-hybridized carbons (Fsp3) is 0.263. The Balaban J connectivity index is 1.77. The number of anilines is 1. The molecule has 0 bridgehead atoms. The summed E-state index contributed by atoms with van der Waals surface area (Å²) >= 11 is 7.33. The molecular weight excluding hydrogens is 356 g/mol. The second kappa shape index (κ2) is 6.65. The molecule has 25 heavy (non-hydrogen) atoms. The molecule has 1 N–H and O–H groups in total. The molecule has 3 aromatic rings.